The highest BCUT2D eigenvalue weighted by Crippen LogP contribution is 2.25. The van der Waals surface area contributed by atoms with E-state index in [-0.39, 0.29) is 11.6 Å². The minimum absolute atomic E-state index is 0.153. The van der Waals surface area contributed by atoms with Crippen molar-refractivity contribution in [3.05, 3.63) is 27.9 Å². The molecule has 84 valence electrons. The Bertz CT molecular complexity index is 395. The van der Waals surface area contributed by atoms with Gasteiger partial charge in [0.2, 0.25) is 5.82 Å². The molecule has 1 N–H and O–H groups in total. The Morgan fingerprint density at radius 2 is 2.07 bits per heavy atom. The van der Waals surface area contributed by atoms with Gasteiger partial charge < -0.3 is 4.98 Å². The van der Waals surface area contributed by atoms with Crippen molar-refractivity contribution < 1.29 is 13.2 Å². The predicted octanol–water partition coefficient (Wildman–Crippen LogP) is 1.99. The fraction of sp³-hybridized carbons (Fsp3) is 0.556. The molecule has 0 radical (unpaired) electrons. The Labute approximate surface area is 84.4 Å². The van der Waals surface area contributed by atoms with Crippen LogP contribution in [0.1, 0.15) is 25.4 Å². The third-order valence-electron chi connectivity index (χ3n) is 1.68. The summed E-state index contributed by atoms with van der Waals surface area (Å²) in [6, 6.07) is 1.09. The molecule has 0 aliphatic carbocycles. The van der Waals surface area contributed by atoms with E-state index in [0.717, 1.165) is 6.07 Å². The third-order valence-corrected chi connectivity index (χ3v) is 1.68. The molecule has 3 nitrogen and oxygen atoms in total. The van der Waals surface area contributed by atoms with E-state index in [4.69, 9.17) is 0 Å². The highest BCUT2D eigenvalue weighted by atomic mass is 19.4. The fourth-order valence-electron chi connectivity index (χ4n) is 1.17. The average Bonchev–Trinajstić information content (AvgIpc) is 1.99. The number of rotatable bonds is 2. The number of nitrogens with one attached hydrogen (secondary N) is 1. The highest BCUT2D eigenvalue weighted by Gasteiger charge is 2.34. The fourth-order valence-corrected chi connectivity index (χ4v) is 1.17. The Hall–Kier alpha value is -1.33. The summed E-state index contributed by atoms with van der Waals surface area (Å²) in [6.45, 7) is 3.69. The first-order valence-corrected chi connectivity index (χ1v) is 4.46. The molecule has 0 saturated carbocycles. The van der Waals surface area contributed by atoms with Gasteiger partial charge >= 0.3 is 6.18 Å². The van der Waals surface area contributed by atoms with E-state index in [1.54, 1.807) is 4.98 Å². The molecule has 0 aromatic carbocycles. The molecule has 0 bridgehead atoms. The van der Waals surface area contributed by atoms with Gasteiger partial charge in [0.15, 0.2) is 0 Å². The van der Waals surface area contributed by atoms with Crippen LogP contribution in [0.2, 0.25) is 0 Å². The lowest BCUT2D eigenvalue weighted by atomic mass is 10.1. The summed E-state index contributed by atoms with van der Waals surface area (Å²) in [6.07, 6.45) is -4.25. The minimum Gasteiger partial charge on any atom is -0.303 e. The van der Waals surface area contributed by atoms with Gasteiger partial charge in [-0.15, -0.1) is 0 Å². The van der Waals surface area contributed by atoms with E-state index in [1.165, 1.54) is 0 Å². The van der Waals surface area contributed by atoms with Crippen molar-refractivity contribution in [3.63, 3.8) is 0 Å². The first-order chi connectivity index (χ1) is 6.79. The summed E-state index contributed by atoms with van der Waals surface area (Å²) in [5, 5.41) is 0. The number of hydrogen-bond donors (Lipinski definition) is 1. The summed E-state index contributed by atoms with van der Waals surface area (Å²) >= 11 is 0. The molecule has 0 amide bonds. The standard InChI is InChI=1S/C9H11F3N2O/c1-5(2)3-6-4-7(15)14-8(13-6)9(10,11)12/h4-5H,3H2,1-2H3,(H,13,14,15). The zero-order valence-corrected chi connectivity index (χ0v) is 8.35. The van der Waals surface area contributed by atoms with Crippen LogP contribution >= 0.6 is 0 Å². The molecular weight excluding hydrogens is 209 g/mol. The molecule has 1 aromatic heterocycles. The van der Waals surface area contributed by atoms with Crippen molar-refractivity contribution in [2.45, 2.75) is 26.4 Å². The molecule has 1 rings (SSSR count). The van der Waals surface area contributed by atoms with Crippen molar-refractivity contribution in [1.29, 1.82) is 0 Å². The van der Waals surface area contributed by atoms with Crippen LogP contribution in [0, 0.1) is 5.92 Å². The Kier molecular flexibility index (Phi) is 3.16. The zero-order valence-electron chi connectivity index (χ0n) is 8.35. The normalized spacial score (nSPS) is 12.1. The smallest absolute Gasteiger partial charge is 0.303 e. The molecule has 1 heterocycles. The lowest BCUT2D eigenvalue weighted by Crippen LogP contribution is -2.20. The first-order valence-electron chi connectivity index (χ1n) is 4.46. The van der Waals surface area contributed by atoms with Gasteiger partial charge in [0.05, 0.1) is 0 Å². The highest BCUT2D eigenvalue weighted by molar-refractivity contribution is 5.05. The van der Waals surface area contributed by atoms with E-state index in [9.17, 15) is 18.0 Å². The first kappa shape index (κ1) is 11.7. The van der Waals surface area contributed by atoms with Crippen LogP contribution in [0.3, 0.4) is 0 Å². The van der Waals surface area contributed by atoms with Crippen molar-refractivity contribution >= 4 is 0 Å². The van der Waals surface area contributed by atoms with Gasteiger partial charge in [-0.2, -0.15) is 13.2 Å². The summed E-state index contributed by atoms with van der Waals surface area (Å²) in [4.78, 5) is 16.0. The second kappa shape index (κ2) is 4.04. The average molecular weight is 220 g/mol. The number of aromatic nitrogens is 2. The summed E-state index contributed by atoms with van der Waals surface area (Å²) < 4.78 is 36.8. The lowest BCUT2D eigenvalue weighted by Gasteiger charge is -2.08. The Morgan fingerprint density at radius 1 is 1.47 bits per heavy atom. The van der Waals surface area contributed by atoms with Gasteiger partial charge in [-0.1, -0.05) is 13.8 Å². The van der Waals surface area contributed by atoms with Gasteiger partial charge in [-0.25, -0.2) is 4.98 Å². The third kappa shape index (κ3) is 3.38. The molecule has 6 heteroatoms. The molecule has 0 unspecified atom stereocenters. The maximum atomic E-state index is 12.3. The van der Waals surface area contributed by atoms with Crippen molar-refractivity contribution in [2.75, 3.05) is 0 Å². The minimum atomic E-state index is -4.61. The number of alkyl halides is 3. The van der Waals surface area contributed by atoms with Gasteiger partial charge in [0, 0.05) is 11.8 Å². The van der Waals surface area contributed by atoms with Crippen LogP contribution < -0.4 is 5.56 Å². The largest absolute Gasteiger partial charge is 0.449 e. The molecule has 0 aliphatic heterocycles. The van der Waals surface area contributed by atoms with Crippen LogP contribution in [0.4, 0.5) is 13.2 Å². The molecule has 0 aliphatic rings. The molecule has 0 saturated heterocycles. The van der Waals surface area contributed by atoms with Crippen molar-refractivity contribution in [3.8, 4) is 0 Å². The van der Waals surface area contributed by atoms with Gasteiger partial charge in [-0.05, 0) is 12.3 Å². The van der Waals surface area contributed by atoms with Crippen molar-refractivity contribution in [2.24, 2.45) is 5.92 Å². The lowest BCUT2D eigenvalue weighted by molar-refractivity contribution is -0.145. The monoisotopic (exact) mass is 220 g/mol. The van der Waals surface area contributed by atoms with Gasteiger partial charge in [0.1, 0.15) is 0 Å². The van der Waals surface area contributed by atoms with Gasteiger partial charge in [-0.3, -0.25) is 4.79 Å². The second-order valence-corrected chi connectivity index (χ2v) is 3.68. The number of hydrogen-bond acceptors (Lipinski definition) is 2. The van der Waals surface area contributed by atoms with Crippen LogP contribution in [-0.4, -0.2) is 9.97 Å². The summed E-state index contributed by atoms with van der Waals surface area (Å²) in [5.74, 6) is -1.08. The molecular formula is C9H11F3N2O. The number of halogens is 3. The summed E-state index contributed by atoms with van der Waals surface area (Å²) in [7, 11) is 0. The number of aromatic amines is 1. The van der Waals surface area contributed by atoms with Gasteiger partial charge in [0.25, 0.3) is 5.56 Å². The van der Waals surface area contributed by atoms with E-state index >= 15 is 0 Å². The van der Waals surface area contributed by atoms with Crippen LogP contribution in [0.5, 0.6) is 0 Å². The Morgan fingerprint density at radius 3 is 2.53 bits per heavy atom. The van der Waals surface area contributed by atoms with E-state index in [1.807, 2.05) is 13.8 Å². The van der Waals surface area contributed by atoms with Crippen LogP contribution in [0.15, 0.2) is 10.9 Å². The SMILES string of the molecule is CC(C)Cc1cc(=O)[nH]c(C(F)(F)F)n1. The maximum absolute atomic E-state index is 12.3. The quantitative estimate of drug-likeness (QED) is 0.828. The topological polar surface area (TPSA) is 45.8 Å². The maximum Gasteiger partial charge on any atom is 0.449 e. The number of H-pyrrole nitrogens is 1. The second-order valence-electron chi connectivity index (χ2n) is 3.68. The Balaban J connectivity index is 3.11. The van der Waals surface area contributed by atoms with Crippen LogP contribution in [0.25, 0.3) is 0 Å². The molecule has 0 atom stereocenters. The van der Waals surface area contributed by atoms with E-state index in [2.05, 4.69) is 4.98 Å². The van der Waals surface area contributed by atoms with E-state index < -0.39 is 17.6 Å². The summed E-state index contributed by atoms with van der Waals surface area (Å²) in [5.41, 5.74) is -0.603. The number of nitrogens with zero attached hydrogens (tertiary/aromatic N) is 1. The molecule has 0 fully saturated rings. The van der Waals surface area contributed by atoms with E-state index in [0.29, 0.717) is 6.42 Å². The zero-order chi connectivity index (χ0) is 11.6. The molecule has 15 heavy (non-hydrogen) atoms. The van der Waals surface area contributed by atoms with Crippen LogP contribution in [-0.2, 0) is 12.6 Å². The molecule has 0 spiro atoms. The predicted molar refractivity (Wildman–Crippen MR) is 48.4 cm³/mol. The molecule has 1 aromatic rings. The van der Waals surface area contributed by atoms with Crippen molar-refractivity contribution in [1.82, 2.24) is 9.97 Å².